The summed E-state index contributed by atoms with van der Waals surface area (Å²) in [4.78, 5) is 0. The average Bonchev–Trinajstić information content (AvgIpc) is 3.07. The van der Waals surface area contributed by atoms with Crippen LogP contribution in [0.15, 0.2) is 36.4 Å². The summed E-state index contributed by atoms with van der Waals surface area (Å²) in [7, 11) is 0. The van der Waals surface area contributed by atoms with Gasteiger partial charge in [-0.15, -0.1) is 0 Å². The Hall–Kier alpha value is -1.12. The molecule has 0 fully saturated rings. The van der Waals surface area contributed by atoms with E-state index in [0.29, 0.717) is 0 Å². The highest BCUT2D eigenvalue weighted by molar-refractivity contribution is 5.22. The Morgan fingerprint density at radius 2 is 0.636 bits per heavy atom. The molecule has 1 aromatic carbocycles. The first kappa shape index (κ1) is 49.8. The van der Waals surface area contributed by atoms with E-state index >= 15 is 0 Å². The molecule has 0 saturated heterocycles. The van der Waals surface area contributed by atoms with Gasteiger partial charge in [0.05, 0.1) is 13.2 Å². The van der Waals surface area contributed by atoms with Crippen LogP contribution in [0.2, 0.25) is 0 Å². The number of hydrogen-bond donors (Lipinski definition) is 0. The van der Waals surface area contributed by atoms with Crippen LogP contribution < -0.4 is 0 Å². The molecule has 0 unspecified atom stereocenters. The van der Waals surface area contributed by atoms with Crippen molar-refractivity contribution < 1.29 is 9.47 Å². The van der Waals surface area contributed by atoms with Crippen LogP contribution in [-0.4, -0.2) is 26.4 Å². The van der Waals surface area contributed by atoms with Crippen molar-refractivity contribution in [1.82, 2.24) is 0 Å². The third-order valence-electron chi connectivity index (χ3n) is 6.96. The normalized spacial score (nSPS) is 10.0. The monoisotopic (exact) mass is 621 g/mol. The molecule has 0 atom stereocenters. The van der Waals surface area contributed by atoms with E-state index in [1.54, 1.807) is 0 Å². The van der Waals surface area contributed by atoms with E-state index in [9.17, 15) is 0 Å². The van der Waals surface area contributed by atoms with E-state index in [0.717, 1.165) is 52.1 Å². The zero-order chi connectivity index (χ0) is 33.8. The van der Waals surface area contributed by atoms with Crippen molar-refractivity contribution in [2.24, 2.45) is 0 Å². The molecule has 0 aliphatic heterocycles. The second-order valence-corrected chi connectivity index (χ2v) is 11.6. The highest BCUT2D eigenvalue weighted by Crippen LogP contribution is 2.10. The van der Waals surface area contributed by atoms with Crippen LogP contribution >= 0.6 is 0 Å². The summed E-state index contributed by atoms with van der Waals surface area (Å²) in [6, 6.07) is 8.83. The van der Waals surface area contributed by atoms with Crippen LogP contribution in [0, 0.1) is 0 Å². The van der Waals surface area contributed by atoms with Crippen LogP contribution in [0.5, 0.6) is 0 Å². The lowest BCUT2D eigenvalue weighted by Gasteiger charge is -2.02. The highest BCUT2D eigenvalue weighted by atomic mass is 16.5. The lowest BCUT2D eigenvalue weighted by Crippen LogP contribution is -2.04. The molecule has 264 valence electrons. The number of unbranched alkanes of at least 4 members (excludes halogenated alkanes) is 12. The third kappa shape index (κ3) is 53.4. The Labute approximate surface area is 280 Å². The predicted molar refractivity (Wildman–Crippen MR) is 204 cm³/mol. The highest BCUT2D eigenvalue weighted by Gasteiger charge is 1.90. The van der Waals surface area contributed by atoms with E-state index in [4.69, 9.17) is 9.47 Å². The van der Waals surface area contributed by atoms with E-state index in [1.807, 2.05) is 0 Å². The Balaban J connectivity index is -0.000000233. The van der Waals surface area contributed by atoms with Crippen LogP contribution in [0.1, 0.15) is 196 Å². The van der Waals surface area contributed by atoms with Crippen molar-refractivity contribution in [3.05, 3.63) is 47.5 Å². The quantitative estimate of drug-likeness (QED) is 0.0895. The van der Waals surface area contributed by atoms with Crippen molar-refractivity contribution in [2.45, 2.75) is 198 Å². The molecule has 0 amide bonds. The fourth-order valence-electron chi connectivity index (χ4n) is 4.02. The predicted octanol–water partition coefficient (Wildman–Crippen LogP) is 14.5. The summed E-state index contributed by atoms with van der Waals surface area (Å²) in [6.07, 6.45) is 31.2. The van der Waals surface area contributed by atoms with Crippen molar-refractivity contribution in [1.29, 1.82) is 0 Å². The number of aryl methyl sites for hydroxylation is 2. The van der Waals surface area contributed by atoms with E-state index in [2.05, 4.69) is 106 Å². The van der Waals surface area contributed by atoms with Gasteiger partial charge in [0.2, 0.25) is 0 Å². The molecule has 0 saturated carbocycles. The average molecular weight is 621 g/mol. The van der Waals surface area contributed by atoms with Crippen LogP contribution in [-0.2, 0) is 22.3 Å². The molecule has 44 heavy (non-hydrogen) atoms. The van der Waals surface area contributed by atoms with Gasteiger partial charge in [-0.1, -0.05) is 196 Å². The van der Waals surface area contributed by atoms with Gasteiger partial charge >= 0.3 is 0 Å². The van der Waals surface area contributed by atoms with Gasteiger partial charge in [-0.05, 0) is 49.7 Å². The topological polar surface area (TPSA) is 18.5 Å². The molecule has 0 heterocycles. The first-order valence-corrected chi connectivity index (χ1v) is 19.4. The molecule has 0 aromatic heterocycles. The first-order chi connectivity index (χ1) is 21.5. The molecule has 2 heteroatoms. The molecule has 1 aromatic rings. The number of benzene rings is 1. The molecule has 0 radical (unpaired) electrons. The minimum Gasteiger partial charge on any atom is -0.379 e. The lowest BCUT2D eigenvalue weighted by atomic mass is 10.1. The maximum atomic E-state index is 5.20. The van der Waals surface area contributed by atoms with Gasteiger partial charge < -0.3 is 9.47 Å². The van der Waals surface area contributed by atoms with Crippen molar-refractivity contribution in [3.63, 3.8) is 0 Å². The Bertz CT molecular complexity index is 527. The van der Waals surface area contributed by atoms with E-state index < -0.39 is 0 Å². The summed E-state index contributed by atoms with van der Waals surface area (Å²) in [5, 5.41) is 0. The fourth-order valence-corrected chi connectivity index (χ4v) is 4.02. The SMILES string of the molecule is CC/C=C/CC.CCCCCC.CCCCCCCCCCCC.CCCOCCOCCC.CCc1ccc(CC)cc1. The van der Waals surface area contributed by atoms with Gasteiger partial charge in [0, 0.05) is 13.2 Å². The smallest absolute Gasteiger partial charge is 0.0700 e. The van der Waals surface area contributed by atoms with Crippen molar-refractivity contribution >= 4 is 0 Å². The maximum Gasteiger partial charge on any atom is 0.0700 e. The molecule has 0 aliphatic rings. The van der Waals surface area contributed by atoms with Gasteiger partial charge in [-0.25, -0.2) is 0 Å². The van der Waals surface area contributed by atoms with Gasteiger partial charge in [-0.3, -0.25) is 0 Å². The summed E-state index contributed by atoms with van der Waals surface area (Å²) >= 11 is 0. The molecular weight excluding hydrogens is 536 g/mol. The van der Waals surface area contributed by atoms with Crippen LogP contribution in [0.4, 0.5) is 0 Å². The van der Waals surface area contributed by atoms with Crippen molar-refractivity contribution in [2.75, 3.05) is 26.4 Å². The number of ether oxygens (including phenoxy) is 2. The number of hydrogen-bond acceptors (Lipinski definition) is 2. The fraction of sp³-hybridized carbons (Fsp3) is 0.810. The van der Waals surface area contributed by atoms with Gasteiger partial charge in [-0.2, -0.15) is 0 Å². The van der Waals surface area contributed by atoms with E-state index in [1.165, 1.54) is 114 Å². The second-order valence-electron chi connectivity index (χ2n) is 11.6. The Morgan fingerprint density at radius 1 is 0.364 bits per heavy atom. The second kappa shape index (κ2) is 51.5. The Morgan fingerprint density at radius 3 is 0.864 bits per heavy atom. The lowest BCUT2D eigenvalue weighted by molar-refractivity contribution is 0.0483. The molecule has 0 N–H and O–H groups in total. The molecule has 0 bridgehead atoms. The summed E-state index contributed by atoms with van der Waals surface area (Å²) in [5.41, 5.74) is 2.86. The first-order valence-electron chi connectivity index (χ1n) is 19.4. The minimum atomic E-state index is 0.744. The largest absolute Gasteiger partial charge is 0.379 e. The molecule has 0 aliphatic carbocycles. The van der Waals surface area contributed by atoms with Gasteiger partial charge in [0.1, 0.15) is 0 Å². The summed E-state index contributed by atoms with van der Waals surface area (Å²) in [6.45, 7) is 25.1. The summed E-state index contributed by atoms with van der Waals surface area (Å²) in [5.74, 6) is 0. The number of rotatable bonds is 23. The Kier molecular flexibility index (Phi) is 58.2. The van der Waals surface area contributed by atoms with Crippen LogP contribution in [0.25, 0.3) is 0 Å². The standard InChI is InChI=1S/C12H26.C10H14.C8H18O2.C6H14.C6H12/c1-3-5-7-9-11-12-10-8-6-4-2;1-3-9-5-7-10(4-2)8-6-9;1-3-5-9-7-8-10-6-4-2;2*1-3-5-6-4-2/h3-12H2,1-2H3;5-8H,3-4H2,1-2H3;3-8H2,1-2H3;3-6H2,1-2H3;5-6H,3-4H2,1-2H3/b;;;;6-5+. The summed E-state index contributed by atoms with van der Waals surface area (Å²) < 4.78 is 10.4. The van der Waals surface area contributed by atoms with Crippen LogP contribution in [0.3, 0.4) is 0 Å². The molecule has 2 nitrogen and oxygen atoms in total. The van der Waals surface area contributed by atoms with Crippen molar-refractivity contribution in [3.8, 4) is 0 Å². The zero-order valence-electron chi connectivity index (χ0n) is 32.3. The van der Waals surface area contributed by atoms with Gasteiger partial charge in [0.25, 0.3) is 0 Å². The third-order valence-corrected chi connectivity index (χ3v) is 6.96. The maximum absolute atomic E-state index is 5.20. The molecule has 0 spiro atoms. The zero-order valence-corrected chi connectivity index (χ0v) is 32.3. The van der Waals surface area contributed by atoms with E-state index in [-0.39, 0.29) is 0 Å². The minimum absolute atomic E-state index is 0.744. The molecule has 1 rings (SSSR count). The number of allylic oxidation sites excluding steroid dienone is 2. The van der Waals surface area contributed by atoms with Gasteiger partial charge in [0.15, 0.2) is 0 Å². The molecular formula is C42H84O2.